The first-order chi connectivity index (χ1) is 14.5. The first-order valence-electron chi connectivity index (χ1n) is 9.12. The Labute approximate surface area is 182 Å². The van der Waals surface area contributed by atoms with Crippen molar-refractivity contribution in [3.8, 4) is 21.7 Å². The Balaban J connectivity index is 1.78. The molecule has 4 rings (SSSR count). The number of thiazole rings is 1. The molecule has 0 amide bonds. The summed E-state index contributed by atoms with van der Waals surface area (Å²) in [5.41, 5.74) is 4.63. The summed E-state index contributed by atoms with van der Waals surface area (Å²) in [6, 6.07) is 22.0. The zero-order valence-corrected chi connectivity index (χ0v) is 17.5. The summed E-state index contributed by atoms with van der Waals surface area (Å²) in [6.45, 7) is 2.03. The van der Waals surface area contributed by atoms with Crippen LogP contribution in [0, 0.1) is 17.0 Å². The fourth-order valence-electron chi connectivity index (χ4n) is 2.91. The number of halogens is 1. The van der Waals surface area contributed by atoms with Crippen LogP contribution in [0.3, 0.4) is 0 Å². The van der Waals surface area contributed by atoms with Crippen LogP contribution >= 0.6 is 22.9 Å². The summed E-state index contributed by atoms with van der Waals surface area (Å²) in [4.78, 5) is 20.7. The zero-order chi connectivity index (χ0) is 21.1. The molecule has 1 aromatic heterocycles. The molecule has 0 radical (unpaired) electrons. The molecular formula is C23H16ClN3O2S. The molecular weight excluding hydrogens is 418 g/mol. The standard InChI is InChI=1S/C23H16ClN3O2S/c1-15-6-8-16(9-7-15)21-22(17-10-12-19(13-11-17)27(28)29)30-23(26-21)25-14-18-4-2-3-5-20(18)24/h2-14H,1H3. The first-order valence-corrected chi connectivity index (χ1v) is 10.3. The van der Waals surface area contributed by atoms with Gasteiger partial charge in [-0.2, -0.15) is 0 Å². The quantitative estimate of drug-likeness (QED) is 0.191. The third kappa shape index (κ3) is 4.30. The van der Waals surface area contributed by atoms with E-state index in [9.17, 15) is 10.1 Å². The van der Waals surface area contributed by atoms with Crippen molar-refractivity contribution < 1.29 is 4.92 Å². The summed E-state index contributed by atoms with van der Waals surface area (Å²) in [6.07, 6.45) is 1.69. The van der Waals surface area contributed by atoms with Crippen molar-refractivity contribution in [2.24, 2.45) is 4.99 Å². The summed E-state index contributed by atoms with van der Waals surface area (Å²) < 4.78 is 0. The van der Waals surface area contributed by atoms with Crippen molar-refractivity contribution in [2.75, 3.05) is 0 Å². The average molecular weight is 434 g/mol. The Bertz CT molecular complexity index is 1230. The van der Waals surface area contributed by atoms with E-state index < -0.39 is 4.92 Å². The Morgan fingerprint density at radius 1 is 1.00 bits per heavy atom. The smallest absolute Gasteiger partial charge is 0.258 e. The van der Waals surface area contributed by atoms with E-state index in [-0.39, 0.29) is 5.69 Å². The molecule has 0 atom stereocenters. The first kappa shape index (κ1) is 19.9. The fraction of sp³-hybridized carbons (Fsp3) is 0.0435. The molecule has 0 saturated heterocycles. The molecule has 0 aliphatic heterocycles. The molecule has 4 aromatic rings. The Hall–Kier alpha value is -3.35. The van der Waals surface area contributed by atoms with E-state index >= 15 is 0 Å². The van der Waals surface area contributed by atoms with Gasteiger partial charge in [0, 0.05) is 34.5 Å². The Morgan fingerprint density at radius 2 is 1.67 bits per heavy atom. The molecule has 0 aliphatic carbocycles. The van der Waals surface area contributed by atoms with Gasteiger partial charge in [-0.3, -0.25) is 10.1 Å². The van der Waals surface area contributed by atoms with Crippen molar-refractivity contribution >= 4 is 40.0 Å². The number of aryl methyl sites for hydroxylation is 1. The molecule has 30 heavy (non-hydrogen) atoms. The zero-order valence-electron chi connectivity index (χ0n) is 15.9. The second-order valence-corrected chi connectivity index (χ2v) is 8.01. The van der Waals surface area contributed by atoms with Gasteiger partial charge < -0.3 is 0 Å². The number of aromatic nitrogens is 1. The second-order valence-electron chi connectivity index (χ2n) is 6.62. The van der Waals surface area contributed by atoms with E-state index in [1.165, 1.54) is 23.5 Å². The minimum atomic E-state index is -0.406. The maximum Gasteiger partial charge on any atom is 0.269 e. The third-order valence-electron chi connectivity index (χ3n) is 4.50. The molecule has 5 nitrogen and oxygen atoms in total. The Morgan fingerprint density at radius 3 is 2.33 bits per heavy atom. The van der Waals surface area contributed by atoms with Gasteiger partial charge >= 0.3 is 0 Å². The molecule has 0 unspecified atom stereocenters. The van der Waals surface area contributed by atoms with Crippen LogP contribution in [-0.2, 0) is 0 Å². The minimum absolute atomic E-state index is 0.0529. The molecule has 148 valence electrons. The van der Waals surface area contributed by atoms with Crippen LogP contribution in [0.2, 0.25) is 5.02 Å². The van der Waals surface area contributed by atoms with Crippen LogP contribution in [0.25, 0.3) is 21.7 Å². The molecule has 0 aliphatic rings. The van der Waals surface area contributed by atoms with Gasteiger partial charge in [0.05, 0.1) is 15.5 Å². The molecule has 0 fully saturated rings. The maximum atomic E-state index is 11.0. The van der Waals surface area contributed by atoms with Crippen LogP contribution < -0.4 is 0 Å². The molecule has 0 N–H and O–H groups in total. The predicted molar refractivity (Wildman–Crippen MR) is 123 cm³/mol. The lowest BCUT2D eigenvalue weighted by Gasteiger charge is -2.03. The van der Waals surface area contributed by atoms with E-state index in [4.69, 9.17) is 16.6 Å². The van der Waals surface area contributed by atoms with Gasteiger partial charge in [0.25, 0.3) is 5.69 Å². The summed E-state index contributed by atoms with van der Waals surface area (Å²) in [7, 11) is 0. The van der Waals surface area contributed by atoms with E-state index in [2.05, 4.69) is 4.99 Å². The largest absolute Gasteiger partial charge is 0.269 e. The van der Waals surface area contributed by atoms with Crippen LogP contribution in [0.15, 0.2) is 77.8 Å². The van der Waals surface area contributed by atoms with Crippen molar-refractivity contribution in [1.29, 1.82) is 0 Å². The summed E-state index contributed by atoms with van der Waals surface area (Å²) >= 11 is 7.64. The lowest BCUT2D eigenvalue weighted by molar-refractivity contribution is -0.384. The number of aliphatic imine (C=N–C) groups is 1. The molecule has 1 heterocycles. The van der Waals surface area contributed by atoms with Crippen LogP contribution in [-0.4, -0.2) is 16.1 Å². The molecule has 0 saturated carbocycles. The maximum absolute atomic E-state index is 11.0. The van der Waals surface area contributed by atoms with Crippen molar-refractivity contribution in [3.63, 3.8) is 0 Å². The summed E-state index contributed by atoms with van der Waals surface area (Å²) in [5.74, 6) is 0. The number of rotatable bonds is 5. The highest BCUT2D eigenvalue weighted by molar-refractivity contribution is 7.19. The molecule has 0 spiro atoms. The number of non-ortho nitro benzene ring substituents is 1. The number of benzene rings is 3. The van der Waals surface area contributed by atoms with Gasteiger partial charge in [0.1, 0.15) is 0 Å². The number of hydrogen-bond donors (Lipinski definition) is 0. The van der Waals surface area contributed by atoms with Crippen LogP contribution in [0.1, 0.15) is 11.1 Å². The number of nitrogens with zero attached hydrogens (tertiary/aromatic N) is 3. The molecule has 0 bridgehead atoms. The van der Waals surface area contributed by atoms with Gasteiger partial charge in [0.2, 0.25) is 5.13 Å². The van der Waals surface area contributed by atoms with Crippen molar-refractivity contribution in [2.45, 2.75) is 6.92 Å². The molecule has 3 aromatic carbocycles. The highest BCUT2D eigenvalue weighted by Gasteiger charge is 2.16. The van der Waals surface area contributed by atoms with Gasteiger partial charge in [0.15, 0.2) is 0 Å². The monoisotopic (exact) mass is 433 g/mol. The molecule has 7 heteroatoms. The lowest BCUT2D eigenvalue weighted by atomic mass is 10.1. The lowest BCUT2D eigenvalue weighted by Crippen LogP contribution is -1.87. The van der Waals surface area contributed by atoms with Crippen molar-refractivity contribution in [3.05, 3.63) is 99.1 Å². The van der Waals surface area contributed by atoms with E-state index in [0.29, 0.717) is 10.2 Å². The van der Waals surface area contributed by atoms with Gasteiger partial charge in [-0.15, -0.1) is 0 Å². The van der Waals surface area contributed by atoms with E-state index in [0.717, 1.165) is 32.8 Å². The van der Waals surface area contributed by atoms with E-state index in [1.807, 2.05) is 55.5 Å². The number of nitro groups is 1. The minimum Gasteiger partial charge on any atom is -0.258 e. The number of nitro benzene ring substituents is 1. The Kier molecular flexibility index (Phi) is 5.70. The van der Waals surface area contributed by atoms with Crippen LogP contribution in [0.5, 0.6) is 0 Å². The topological polar surface area (TPSA) is 68.4 Å². The van der Waals surface area contributed by atoms with E-state index in [1.54, 1.807) is 18.3 Å². The fourth-order valence-corrected chi connectivity index (χ4v) is 4.03. The van der Waals surface area contributed by atoms with Crippen LogP contribution in [0.4, 0.5) is 10.8 Å². The van der Waals surface area contributed by atoms with Crippen molar-refractivity contribution in [1.82, 2.24) is 4.98 Å². The van der Waals surface area contributed by atoms with Gasteiger partial charge in [-0.1, -0.05) is 71.0 Å². The predicted octanol–water partition coefficient (Wildman–Crippen LogP) is 7.10. The van der Waals surface area contributed by atoms with Gasteiger partial charge in [-0.25, -0.2) is 9.98 Å². The SMILES string of the molecule is Cc1ccc(-c2nc(N=Cc3ccccc3Cl)sc2-c2ccc([N+](=O)[O-])cc2)cc1. The highest BCUT2D eigenvalue weighted by atomic mass is 35.5. The number of hydrogen-bond acceptors (Lipinski definition) is 5. The second kappa shape index (κ2) is 8.57. The third-order valence-corrected chi connectivity index (χ3v) is 5.86. The average Bonchev–Trinajstić information content (AvgIpc) is 3.18. The normalized spacial score (nSPS) is 11.1. The highest BCUT2D eigenvalue weighted by Crippen LogP contribution is 2.40. The van der Waals surface area contributed by atoms with Gasteiger partial charge in [-0.05, 0) is 30.7 Å². The summed E-state index contributed by atoms with van der Waals surface area (Å²) in [5, 5.41) is 12.2.